The lowest BCUT2D eigenvalue weighted by atomic mass is 9.88. The lowest BCUT2D eigenvalue weighted by molar-refractivity contribution is -0.131. The summed E-state index contributed by atoms with van der Waals surface area (Å²) in [5.41, 5.74) is 4.60. The summed E-state index contributed by atoms with van der Waals surface area (Å²) in [5, 5.41) is 2.71. The maximum atomic E-state index is 12.5. The monoisotopic (exact) mass is 293 g/mol. The summed E-state index contributed by atoms with van der Waals surface area (Å²) in [7, 11) is 0. The Balaban J connectivity index is 2.03. The number of rotatable bonds is 6. The molecule has 3 amide bonds. The van der Waals surface area contributed by atoms with Crippen LogP contribution in [0.1, 0.15) is 39.4 Å². The predicted octanol–water partition coefficient (Wildman–Crippen LogP) is 1.81. The van der Waals surface area contributed by atoms with Crippen molar-refractivity contribution in [1.29, 1.82) is 0 Å². The average molecular weight is 293 g/mol. The number of hydrogen-bond acceptors (Lipinski definition) is 4. The number of imide groups is 1. The maximum absolute atomic E-state index is 12.5. The number of nitrogens with one attached hydrogen (secondary N) is 1. The molecule has 1 aliphatic rings. The Morgan fingerprint density at radius 2 is 2.14 bits per heavy atom. The molecule has 1 aliphatic heterocycles. The minimum absolute atomic E-state index is 0.0174. The van der Waals surface area contributed by atoms with Gasteiger partial charge in [-0.15, -0.1) is 0 Å². The molecule has 0 radical (unpaired) electrons. The van der Waals surface area contributed by atoms with E-state index in [9.17, 15) is 9.59 Å². The fourth-order valence-electron chi connectivity index (χ4n) is 2.45. The fourth-order valence-corrected chi connectivity index (χ4v) is 2.45. The lowest BCUT2D eigenvalue weighted by Crippen LogP contribution is -2.40. The van der Waals surface area contributed by atoms with Crippen molar-refractivity contribution in [3.05, 3.63) is 24.2 Å². The Morgan fingerprint density at radius 3 is 2.71 bits per heavy atom. The van der Waals surface area contributed by atoms with E-state index in [-0.39, 0.29) is 17.4 Å². The molecular formula is C15H23N3O3. The van der Waals surface area contributed by atoms with Gasteiger partial charge < -0.3 is 15.5 Å². The van der Waals surface area contributed by atoms with Crippen LogP contribution in [0.15, 0.2) is 22.8 Å². The molecule has 1 unspecified atom stereocenters. The van der Waals surface area contributed by atoms with E-state index in [2.05, 4.69) is 19.2 Å². The fraction of sp³-hybridized carbons (Fsp3) is 0.600. The van der Waals surface area contributed by atoms with Gasteiger partial charge in [0.25, 0.3) is 5.91 Å². The van der Waals surface area contributed by atoms with E-state index in [0.29, 0.717) is 18.8 Å². The molecule has 0 saturated carbocycles. The molecule has 1 atom stereocenters. The first kappa shape index (κ1) is 15.6. The number of nitrogens with two attached hydrogens (primary N) is 1. The Kier molecular flexibility index (Phi) is 4.09. The van der Waals surface area contributed by atoms with Crippen molar-refractivity contribution in [2.75, 3.05) is 13.1 Å². The van der Waals surface area contributed by atoms with Gasteiger partial charge in [0, 0.05) is 6.54 Å². The average Bonchev–Trinajstić information content (AvgIpc) is 3.03. The number of urea groups is 1. The molecule has 0 bridgehead atoms. The van der Waals surface area contributed by atoms with E-state index in [1.807, 2.05) is 0 Å². The van der Waals surface area contributed by atoms with E-state index < -0.39 is 5.54 Å². The molecule has 1 aromatic heterocycles. The van der Waals surface area contributed by atoms with Gasteiger partial charge in [0.15, 0.2) is 5.54 Å². The molecule has 0 aromatic carbocycles. The number of hydrogen-bond donors (Lipinski definition) is 2. The van der Waals surface area contributed by atoms with Crippen molar-refractivity contribution in [1.82, 2.24) is 10.2 Å². The summed E-state index contributed by atoms with van der Waals surface area (Å²) < 4.78 is 5.28. The van der Waals surface area contributed by atoms with E-state index >= 15 is 0 Å². The number of carbonyl (C=O) groups is 2. The highest BCUT2D eigenvalue weighted by Crippen LogP contribution is 2.29. The van der Waals surface area contributed by atoms with Crippen LogP contribution < -0.4 is 11.1 Å². The van der Waals surface area contributed by atoms with Crippen molar-refractivity contribution in [2.24, 2.45) is 11.1 Å². The van der Waals surface area contributed by atoms with E-state index in [4.69, 9.17) is 10.2 Å². The number of amides is 3. The molecule has 0 spiro atoms. The summed E-state index contributed by atoms with van der Waals surface area (Å²) >= 11 is 0. The van der Waals surface area contributed by atoms with Crippen LogP contribution in [-0.4, -0.2) is 29.9 Å². The first-order chi connectivity index (χ1) is 9.80. The second kappa shape index (κ2) is 5.52. The molecule has 2 rings (SSSR count). The van der Waals surface area contributed by atoms with Crippen molar-refractivity contribution < 1.29 is 14.0 Å². The van der Waals surface area contributed by atoms with Gasteiger partial charge in [0.2, 0.25) is 0 Å². The Labute approximate surface area is 124 Å². The molecule has 1 aromatic rings. The third-order valence-electron chi connectivity index (χ3n) is 4.08. The highest BCUT2D eigenvalue weighted by Gasteiger charge is 2.50. The smallest absolute Gasteiger partial charge is 0.325 e. The van der Waals surface area contributed by atoms with Gasteiger partial charge >= 0.3 is 6.03 Å². The summed E-state index contributed by atoms with van der Waals surface area (Å²) in [6.07, 6.45) is 3.09. The van der Waals surface area contributed by atoms with Crippen molar-refractivity contribution in [3.63, 3.8) is 0 Å². The highest BCUT2D eigenvalue weighted by atomic mass is 16.3. The number of nitrogens with zero attached hydrogens (tertiary/aromatic N) is 1. The summed E-state index contributed by atoms with van der Waals surface area (Å²) in [6.45, 7) is 6.79. The minimum Gasteiger partial charge on any atom is -0.466 e. The van der Waals surface area contributed by atoms with Crippen LogP contribution in [0.25, 0.3) is 0 Å². The SMILES string of the molecule is CC(C)(CN)CCCN1C(=O)NC(C)(c2ccco2)C1=O. The second-order valence-electron chi connectivity index (χ2n) is 6.46. The standard InChI is InChI=1S/C15H23N3O3/c1-14(2,10-16)7-5-8-18-12(19)15(3,17-13(18)20)11-6-4-9-21-11/h4,6,9H,5,7-8,10,16H2,1-3H3,(H,17,20). The van der Waals surface area contributed by atoms with Crippen LogP contribution in [-0.2, 0) is 10.3 Å². The summed E-state index contributed by atoms with van der Waals surface area (Å²) in [6, 6.07) is 3.02. The van der Waals surface area contributed by atoms with Crippen LogP contribution >= 0.6 is 0 Å². The molecule has 6 nitrogen and oxygen atoms in total. The van der Waals surface area contributed by atoms with E-state index in [0.717, 1.165) is 12.8 Å². The van der Waals surface area contributed by atoms with Crippen LogP contribution in [0.4, 0.5) is 4.79 Å². The van der Waals surface area contributed by atoms with Gasteiger partial charge in [-0.25, -0.2) is 4.79 Å². The maximum Gasteiger partial charge on any atom is 0.325 e. The zero-order valence-corrected chi connectivity index (χ0v) is 12.8. The van der Waals surface area contributed by atoms with Gasteiger partial charge in [-0.2, -0.15) is 0 Å². The second-order valence-corrected chi connectivity index (χ2v) is 6.46. The quantitative estimate of drug-likeness (QED) is 0.783. The normalized spacial score (nSPS) is 22.8. The molecule has 1 saturated heterocycles. The van der Waals surface area contributed by atoms with Gasteiger partial charge in [-0.3, -0.25) is 9.69 Å². The topological polar surface area (TPSA) is 88.6 Å². The molecular weight excluding hydrogens is 270 g/mol. The third kappa shape index (κ3) is 2.95. The van der Waals surface area contributed by atoms with Crippen molar-refractivity contribution >= 4 is 11.9 Å². The Bertz CT molecular complexity index is 524. The predicted molar refractivity (Wildman–Crippen MR) is 78.4 cm³/mol. The number of furan rings is 1. The summed E-state index contributed by atoms with van der Waals surface area (Å²) in [5.74, 6) is 0.179. The summed E-state index contributed by atoms with van der Waals surface area (Å²) in [4.78, 5) is 25.8. The first-order valence-corrected chi connectivity index (χ1v) is 7.18. The first-order valence-electron chi connectivity index (χ1n) is 7.18. The molecule has 116 valence electrons. The molecule has 2 heterocycles. The van der Waals surface area contributed by atoms with Crippen molar-refractivity contribution in [2.45, 2.75) is 39.2 Å². The van der Waals surface area contributed by atoms with Gasteiger partial charge in [0.1, 0.15) is 5.76 Å². The minimum atomic E-state index is -1.11. The van der Waals surface area contributed by atoms with Gasteiger partial charge in [0.05, 0.1) is 6.26 Å². The Morgan fingerprint density at radius 1 is 1.43 bits per heavy atom. The molecule has 0 aliphatic carbocycles. The zero-order valence-electron chi connectivity index (χ0n) is 12.8. The molecule has 3 N–H and O–H groups in total. The highest BCUT2D eigenvalue weighted by molar-refractivity contribution is 6.06. The molecule has 21 heavy (non-hydrogen) atoms. The third-order valence-corrected chi connectivity index (χ3v) is 4.08. The zero-order chi connectivity index (χ0) is 15.7. The van der Waals surface area contributed by atoms with E-state index in [1.165, 1.54) is 11.2 Å². The van der Waals surface area contributed by atoms with Crippen LogP contribution in [0.3, 0.4) is 0 Å². The van der Waals surface area contributed by atoms with Crippen LogP contribution in [0.5, 0.6) is 0 Å². The lowest BCUT2D eigenvalue weighted by Gasteiger charge is -2.23. The van der Waals surface area contributed by atoms with Crippen molar-refractivity contribution in [3.8, 4) is 0 Å². The van der Waals surface area contributed by atoms with Gasteiger partial charge in [-0.1, -0.05) is 13.8 Å². The number of carbonyl (C=O) groups excluding carboxylic acids is 2. The largest absolute Gasteiger partial charge is 0.466 e. The van der Waals surface area contributed by atoms with Gasteiger partial charge in [-0.05, 0) is 43.9 Å². The van der Waals surface area contributed by atoms with E-state index in [1.54, 1.807) is 19.1 Å². The molecule has 6 heteroatoms. The Hall–Kier alpha value is -1.82. The van der Waals surface area contributed by atoms with Crippen LogP contribution in [0, 0.1) is 5.41 Å². The van der Waals surface area contributed by atoms with Crippen LogP contribution in [0.2, 0.25) is 0 Å². The molecule has 1 fully saturated rings.